The fraction of sp³-hybridized carbons (Fsp3) is 0.500. The average molecular weight is 253 g/mol. The first-order valence-electron chi connectivity index (χ1n) is 5.80. The number of nitrogens with zero attached hydrogens (tertiary/aromatic N) is 1. The molecule has 18 heavy (non-hydrogen) atoms. The van der Waals surface area contributed by atoms with Crippen LogP contribution in [-0.4, -0.2) is 28.7 Å². The van der Waals surface area contributed by atoms with Gasteiger partial charge in [0.05, 0.1) is 17.1 Å². The minimum atomic E-state index is -0.529. The smallest absolute Gasteiger partial charge is 0.273 e. The van der Waals surface area contributed by atoms with Crippen LogP contribution in [0.15, 0.2) is 18.2 Å². The standard InChI is InChI=1S/C12H19N3O3/c1-4-13-9-5-10(14-12(2,3)8-16)7-11(6-9)15(17)18/h5-7,13-14,16H,4,8H2,1-3H3. The summed E-state index contributed by atoms with van der Waals surface area (Å²) in [6, 6.07) is 4.73. The molecule has 0 aliphatic carbocycles. The lowest BCUT2D eigenvalue weighted by atomic mass is 10.1. The number of hydrogen-bond donors (Lipinski definition) is 3. The number of anilines is 2. The van der Waals surface area contributed by atoms with Gasteiger partial charge in [-0.05, 0) is 26.8 Å². The zero-order valence-corrected chi connectivity index (χ0v) is 10.9. The number of nitro benzene ring substituents is 1. The molecule has 0 bridgehead atoms. The predicted octanol–water partition coefficient (Wildman–Crippen LogP) is 2.21. The van der Waals surface area contributed by atoms with Crippen LogP contribution in [0.4, 0.5) is 17.1 Å². The van der Waals surface area contributed by atoms with E-state index in [0.717, 1.165) is 0 Å². The van der Waals surface area contributed by atoms with Gasteiger partial charge in [0, 0.05) is 30.1 Å². The second-order valence-electron chi connectivity index (χ2n) is 4.72. The summed E-state index contributed by atoms with van der Waals surface area (Å²) >= 11 is 0. The van der Waals surface area contributed by atoms with E-state index in [2.05, 4.69) is 10.6 Å². The largest absolute Gasteiger partial charge is 0.394 e. The minimum Gasteiger partial charge on any atom is -0.394 e. The van der Waals surface area contributed by atoms with E-state index in [-0.39, 0.29) is 12.3 Å². The van der Waals surface area contributed by atoms with Crippen molar-refractivity contribution in [2.75, 3.05) is 23.8 Å². The molecular formula is C12H19N3O3. The van der Waals surface area contributed by atoms with Crippen molar-refractivity contribution in [1.82, 2.24) is 0 Å². The molecule has 100 valence electrons. The van der Waals surface area contributed by atoms with E-state index in [4.69, 9.17) is 0 Å². The van der Waals surface area contributed by atoms with Crippen LogP contribution in [0.25, 0.3) is 0 Å². The third-order valence-electron chi connectivity index (χ3n) is 2.39. The van der Waals surface area contributed by atoms with Crippen LogP contribution in [0.1, 0.15) is 20.8 Å². The molecule has 1 rings (SSSR count). The lowest BCUT2D eigenvalue weighted by Crippen LogP contribution is -2.34. The summed E-state index contributed by atoms with van der Waals surface area (Å²) in [7, 11) is 0. The molecule has 0 saturated carbocycles. The highest BCUT2D eigenvalue weighted by molar-refractivity contribution is 5.64. The van der Waals surface area contributed by atoms with Crippen LogP contribution in [-0.2, 0) is 0 Å². The van der Waals surface area contributed by atoms with Gasteiger partial charge in [-0.1, -0.05) is 0 Å². The fourth-order valence-corrected chi connectivity index (χ4v) is 1.53. The van der Waals surface area contributed by atoms with Crippen molar-refractivity contribution in [2.24, 2.45) is 0 Å². The molecule has 0 aliphatic heterocycles. The maximum atomic E-state index is 10.8. The van der Waals surface area contributed by atoms with Gasteiger partial charge in [-0.3, -0.25) is 10.1 Å². The summed E-state index contributed by atoms with van der Waals surface area (Å²) in [6.07, 6.45) is 0. The van der Waals surface area contributed by atoms with E-state index < -0.39 is 10.5 Å². The summed E-state index contributed by atoms with van der Waals surface area (Å²) in [4.78, 5) is 10.4. The van der Waals surface area contributed by atoms with Gasteiger partial charge in [-0.15, -0.1) is 0 Å². The SMILES string of the molecule is CCNc1cc(NC(C)(C)CO)cc([N+](=O)[O-])c1. The number of nitro groups is 1. The molecule has 0 aromatic heterocycles. The highest BCUT2D eigenvalue weighted by Gasteiger charge is 2.18. The molecule has 1 aromatic carbocycles. The molecule has 0 radical (unpaired) electrons. The maximum absolute atomic E-state index is 10.8. The molecule has 1 aromatic rings. The number of benzene rings is 1. The Bertz CT molecular complexity index is 433. The normalized spacial score (nSPS) is 11.1. The number of nitrogens with one attached hydrogen (secondary N) is 2. The van der Waals surface area contributed by atoms with Crippen molar-refractivity contribution in [3.8, 4) is 0 Å². The van der Waals surface area contributed by atoms with Crippen LogP contribution in [0.5, 0.6) is 0 Å². The zero-order valence-electron chi connectivity index (χ0n) is 10.9. The molecule has 0 atom stereocenters. The number of rotatable bonds is 6. The van der Waals surface area contributed by atoms with Gasteiger partial charge in [0.2, 0.25) is 0 Å². The van der Waals surface area contributed by atoms with Gasteiger partial charge in [-0.25, -0.2) is 0 Å². The zero-order chi connectivity index (χ0) is 13.8. The van der Waals surface area contributed by atoms with Crippen LogP contribution in [0.3, 0.4) is 0 Å². The Kier molecular flexibility index (Phi) is 4.49. The number of non-ortho nitro benzene ring substituents is 1. The lowest BCUT2D eigenvalue weighted by Gasteiger charge is -2.25. The Labute approximate surface area is 106 Å². The van der Waals surface area contributed by atoms with E-state index in [1.54, 1.807) is 6.07 Å². The fourth-order valence-electron chi connectivity index (χ4n) is 1.53. The molecule has 3 N–H and O–H groups in total. The summed E-state index contributed by atoms with van der Waals surface area (Å²) in [6.45, 7) is 6.18. The quantitative estimate of drug-likeness (QED) is 0.534. The van der Waals surface area contributed by atoms with Crippen LogP contribution >= 0.6 is 0 Å². The molecule has 0 heterocycles. The van der Waals surface area contributed by atoms with Crippen LogP contribution < -0.4 is 10.6 Å². The van der Waals surface area contributed by atoms with E-state index in [0.29, 0.717) is 17.9 Å². The molecule has 0 amide bonds. The van der Waals surface area contributed by atoms with Gasteiger partial charge in [0.25, 0.3) is 5.69 Å². The highest BCUT2D eigenvalue weighted by Crippen LogP contribution is 2.26. The van der Waals surface area contributed by atoms with Crippen molar-refractivity contribution in [3.05, 3.63) is 28.3 Å². The second kappa shape index (κ2) is 5.68. The van der Waals surface area contributed by atoms with Gasteiger partial charge >= 0.3 is 0 Å². The first-order valence-corrected chi connectivity index (χ1v) is 5.80. The van der Waals surface area contributed by atoms with E-state index in [9.17, 15) is 15.2 Å². The Morgan fingerprint density at radius 2 is 1.94 bits per heavy atom. The van der Waals surface area contributed by atoms with Crippen molar-refractivity contribution in [2.45, 2.75) is 26.3 Å². The van der Waals surface area contributed by atoms with E-state index in [1.165, 1.54) is 12.1 Å². The van der Waals surface area contributed by atoms with Gasteiger partial charge < -0.3 is 15.7 Å². The first-order chi connectivity index (χ1) is 8.38. The van der Waals surface area contributed by atoms with Gasteiger partial charge in [0.1, 0.15) is 0 Å². The Morgan fingerprint density at radius 1 is 1.33 bits per heavy atom. The van der Waals surface area contributed by atoms with Crippen molar-refractivity contribution in [3.63, 3.8) is 0 Å². The number of aliphatic hydroxyl groups excluding tert-OH is 1. The predicted molar refractivity (Wildman–Crippen MR) is 72.0 cm³/mol. The average Bonchev–Trinajstić information content (AvgIpc) is 2.28. The third-order valence-corrected chi connectivity index (χ3v) is 2.39. The molecule has 0 aliphatic rings. The molecule has 6 heteroatoms. The summed E-state index contributed by atoms with van der Waals surface area (Å²) < 4.78 is 0. The first kappa shape index (κ1) is 14.2. The molecule has 0 saturated heterocycles. The minimum absolute atomic E-state index is 0.0182. The Balaban J connectivity index is 3.06. The maximum Gasteiger partial charge on any atom is 0.273 e. The van der Waals surface area contributed by atoms with Gasteiger partial charge in [0.15, 0.2) is 0 Å². The Hall–Kier alpha value is -1.82. The highest BCUT2D eigenvalue weighted by atomic mass is 16.6. The van der Waals surface area contributed by atoms with Crippen molar-refractivity contribution >= 4 is 17.1 Å². The summed E-state index contributed by atoms with van der Waals surface area (Å²) in [5.41, 5.74) is 0.783. The number of aliphatic hydroxyl groups is 1. The number of hydrogen-bond acceptors (Lipinski definition) is 5. The lowest BCUT2D eigenvalue weighted by molar-refractivity contribution is -0.384. The van der Waals surface area contributed by atoms with E-state index >= 15 is 0 Å². The molecule has 0 unspecified atom stereocenters. The topological polar surface area (TPSA) is 87.4 Å². The third kappa shape index (κ3) is 3.89. The Morgan fingerprint density at radius 3 is 2.44 bits per heavy atom. The second-order valence-corrected chi connectivity index (χ2v) is 4.72. The molecule has 6 nitrogen and oxygen atoms in total. The monoisotopic (exact) mass is 253 g/mol. The summed E-state index contributed by atoms with van der Waals surface area (Å²) in [5.74, 6) is 0. The van der Waals surface area contributed by atoms with E-state index in [1.807, 2.05) is 20.8 Å². The van der Waals surface area contributed by atoms with Crippen molar-refractivity contribution in [1.29, 1.82) is 0 Å². The van der Waals surface area contributed by atoms with Crippen LogP contribution in [0.2, 0.25) is 0 Å². The summed E-state index contributed by atoms with van der Waals surface area (Å²) in [5, 5.41) is 26.1. The van der Waals surface area contributed by atoms with Crippen molar-refractivity contribution < 1.29 is 10.0 Å². The molecule has 0 fully saturated rings. The molecule has 0 spiro atoms. The van der Waals surface area contributed by atoms with Gasteiger partial charge in [-0.2, -0.15) is 0 Å². The van der Waals surface area contributed by atoms with Crippen LogP contribution in [0, 0.1) is 10.1 Å². The molecular weight excluding hydrogens is 234 g/mol.